The Morgan fingerprint density at radius 2 is 1.82 bits per heavy atom. The molecule has 5 rings (SSSR count). The lowest BCUT2D eigenvalue weighted by atomic mass is 9.59. The number of amides is 2. The minimum atomic E-state index is -4.99. The highest BCUT2D eigenvalue weighted by molar-refractivity contribution is 9.12. The monoisotopic (exact) mass is 537 g/mol. The summed E-state index contributed by atoms with van der Waals surface area (Å²) >= 11 is 3.07. The van der Waals surface area contributed by atoms with Crippen LogP contribution in [0.2, 0.25) is 0 Å². The Hall–Kier alpha value is -3.21. The van der Waals surface area contributed by atoms with Crippen LogP contribution in [0.1, 0.15) is 24.3 Å². The van der Waals surface area contributed by atoms with E-state index in [1.807, 2.05) is 0 Å². The summed E-state index contributed by atoms with van der Waals surface area (Å²) in [5.74, 6) is -6.18. The third kappa shape index (κ3) is 3.49. The smallest absolute Gasteiger partial charge is 0.508 e. The van der Waals surface area contributed by atoms with Gasteiger partial charge in [-0.25, -0.2) is 0 Å². The molecule has 1 saturated heterocycles. The Bertz CT molecular complexity index is 1280. The van der Waals surface area contributed by atoms with Crippen LogP contribution in [0.25, 0.3) is 0 Å². The van der Waals surface area contributed by atoms with Crippen molar-refractivity contribution >= 4 is 39.3 Å². The highest BCUT2D eigenvalue weighted by Gasteiger charge is 2.53. The molecule has 0 bridgehead atoms. The molecule has 0 aromatic heterocycles. The van der Waals surface area contributed by atoms with Crippen LogP contribution in [0.3, 0.4) is 0 Å². The number of rotatable bonds is 2. The van der Waals surface area contributed by atoms with E-state index in [2.05, 4.69) is 26.0 Å². The highest BCUT2D eigenvalue weighted by Crippen LogP contribution is 2.55. The van der Waals surface area contributed by atoms with E-state index in [9.17, 15) is 37.5 Å². The van der Waals surface area contributed by atoms with Crippen LogP contribution in [0.15, 0.2) is 51.6 Å². The molecule has 176 valence electrons. The van der Waals surface area contributed by atoms with Gasteiger partial charge in [0.15, 0.2) is 11.6 Å². The molecule has 1 aromatic rings. The van der Waals surface area contributed by atoms with Crippen LogP contribution in [0.4, 0.5) is 13.2 Å². The minimum absolute atomic E-state index is 0.00650. The fourth-order valence-corrected chi connectivity index (χ4v) is 5.88. The third-order valence-corrected chi connectivity index (χ3v) is 7.31. The number of phenols is 1. The van der Waals surface area contributed by atoms with Crippen LogP contribution < -0.4 is 10.1 Å². The molecule has 2 N–H and O–H groups in total. The van der Waals surface area contributed by atoms with Crippen molar-refractivity contribution in [2.45, 2.75) is 25.1 Å². The second kappa shape index (κ2) is 7.66. The van der Waals surface area contributed by atoms with Crippen molar-refractivity contribution in [2.24, 2.45) is 17.8 Å². The second-order valence-corrected chi connectivity index (χ2v) is 9.37. The number of alkyl halides is 3. The summed E-state index contributed by atoms with van der Waals surface area (Å²) < 4.78 is 42.5. The van der Waals surface area contributed by atoms with Gasteiger partial charge in [-0.1, -0.05) is 11.6 Å². The highest BCUT2D eigenvalue weighted by atomic mass is 79.9. The molecule has 4 aliphatic rings. The maximum absolute atomic E-state index is 13.0. The number of aromatic hydroxyl groups is 1. The number of fused-ring (bicyclic) bond motifs is 3. The maximum atomic E-state index is 13.0. The Balaban J connectivity index is 1.71. The number of imide groups is 1. The Kier molecular flexibility index (Phi) is 5.08. The number of allylic oxidation sites excluding steroid dienone is 6. The Morgan fingerprint density at radius 3 is 2.53 bits per heavy atom. The quantitative estimate of drug-likeness (QED) is 0.340. The Labute approximate surface area is 198 Å². The van der Waals surface area contributed by atoms with Crippen LogP contribution >= 0.6 is 15.9 Å². The van der Waals surface area contributed by atoms with Crippen LogP contribution in [0, 0.1) is 17.8 Å². The number of hydrogen-bond acceptors (Lipinski definition) is 6. The predicted molar refractivity (Wildman–Crippen MR) is 113 cm³/mol. The number of carbonyl (C=O) groups is 4. The molecule has 1 heterocycles. The van der Waals surface area contributed by atoms with E-state index in [1.165, 1.54) is 0 Å². The molecule has 1 fully saturated rings. The predicted octanol–water partition coefficient (Wildman–Crippen LogP) is 3.34. The van der Waals surface area contributed by atoms with Crippen molar-refractivity contribution in [1.82, 2.24) is 5.32 Å². The number of benzene rings is 1. The van der Waals surface area contributed by atoms with Crippen LogP contribution in [-0.4, -0.2) is 34.8 Å². The molecule has 7 nitrogen and oxygen atoms in total. The average molecular weight is 538 g/mol. The van der Waals surface area contributed by atoms with Gasteiger partial charge in [0.2, 0.25) is 11.8 Å². The van der Waals surface area contributed by atoms with Crippen molar-refractivity contribution in [3.8, 4) is 11.5 Å². The van der Waals surface area contributed by atoms with Crippen LogP contribution in [0.5, 0.6) is 11.5 Å². The van der Waals surface area contributed by atoms with Gasteiger partial charge in [0.25, 0.3) is 0 Å². The number of halogens is 4. The molecule has 2 amide bonds. The zero-order chi connectivity index (χ0) is 24.5. The van der Waals surface area contributed by atoms with Crippen molar-refractivity contribution in [3.05, 3.63) is 57.1 Å². The van der Waals surface area contributed by atoms with E-state index in [4.69, 9.17) is 0 Å². The summed E-state index contributed by atoms with van der Waals surface area (Å²) in [7, 11) is 0. The third-order valence-electron chi connectivity index (χ3n) is 6.72. The van der Waals surface area contributed by atoms with Gasteiger partial charge in [0.1, 0.15) is 11.5 Å². The number of hydrogen-bond donors (Lipinski definition) is 2. The molecule has 0 unspecified atom stereocenters. The molecule has 1 aromatic carbocycles. The van der Waals surface area contributed by atoms with Gasteiger partial charge in [-0.15, -0.1) is 13.2 Å². The van der Waals surface area contributed by atoms with Gasteiger partial charge in [0, 0.05) is 28.7 Å². The molecular formula is C23H15BrF3NO6. The van der Waals surface area contributed by atoms with Crippen molar-refractivity contribution < 1.29 is 42.2 Å². The number of Topliss-reactive ketones (excluding diaryl/α,β-unsaturated/α-hetero) is 1. The van der Waals surface area contributed by atoms with Gasteiger partial charge in [-0.2, -0.15) is 0 Å². The van der Waals surface area contributed by atoms with Gasteiger partial charge in [0.05, 0.1) is 16.3 Å². The van der Waals surface area contributed by atoms with Gasteiger partial charge in [-0.3, -0.25) is 24.5 Å². The van der Waals surface area contributed by atoms with E-state index in [0.29, 0.717) is 5.57 Å². The van der Waals surface area contributed by atoms with Crippen molar-refractivity contribution in [2.75, 3.05) is 0 Å². The molecule has 0 radical (unpaired) electrons. The van der Waals surface area contributed by atoms with Gasteiger partial charge >= 0.3 is 6.36 Å². The van der Waals surface area contributed by atoms with E-state index in [1.54, 1.807) is 6.08 Å². The summed E-state index contributed by atoms with van der Waals surface area (Å²) in [5.41, 5.74) is 0.553. The molecule has 1 aliphatic heterocycles. The van der Waals surface area contributed by atoms with E-state index >= 15 is 0 Å². The number of ether oxygens (including phenoxy) is 1. The first-order valence-electron chi connectivity index (χ1n) is 10.3. The standard InChI is InChI=1S/C23H15BrF3NO6/c24-14-7-16(30)19-13(20(14)31)6-11-9(2-3-10-18(11)22(33)28-21(10)32)17(19)12-5-8(1-4-15(12)29)34-23(25,26)27/h1-2,4-5,7,10-11,17-18,29H,3,6H2,(H,28,32,33)/t10-,11+,17+,18-/m0/s1. The van der Waals surface area contributed by atoms with Crippen molar-refractivity contribution in [3.63, 3.8) is 0 Å². The van der Waals surface area contributed by atoms with Gasteiger partial charge < -0.3 is 9.84 Å². The SMILES string of the molecule is O=C1C=C(Br)C(=O)C2=C1[C@@H](c1cc(OC(F)(F)F)ccc1O)C1=CC[C@@H]3C(=O)NC(=O)[C@@H]3[C@@H]1C2. The number of ketones is 2. The summed E-state index contributed by atoms with van der Waals surface area (Å²) in [6, 6.07) is 2.91. The fourth-order valence-electron chi connectivity index (χ4n) is 5.43. The Morgan fingerprint density at radius 1 is 1.09 bits per heavy atom. The fraction of sp³-hybridized carbons (Fsp3) is 0.304. The number of carbonyl (C=O) groups excluding carboxylic acids is 4. The summed E-state index contributed by atoms with van der Waals surface area (Å²) in [5, 5.41) is 12.9. The number of phenolic OH excluding ortho intramolecular Hbond substituents is 1. The van der Waals surface area contributed by atoms with E-state index in [0.717, 1.165) is 24.3 Å². The first-order chi connectivity index (χ1) is 16.0. The maximum Gasteiger partial charge on any atom is 0.573 e. The second-order valence-electron chi connectivity index (χ2n) is 8.52. The molecular weight excluding hydrogens is 523 g/mol. The zero-order valence-electron chi connectivity index (χ0n) is 17.1. The first kappa shape index (κ1) is 22.6. The molecule has 11 heteroatoms. The molecule has 34 heavy (non-hydrogen) atoms. The lowest BCUT2D eigenvalue weighted by Crippen LogP contribution is -2.39. The lowest BCUT2D eigenvalue weighted by Gasteiger charge is -2.42. The molecule has 4 atom stereocenters. The zero-order valence-corrected chi connectivity index (χ0v) is 18.7. The van der Waals surface area contributed by atoms with E-state index in [-0.39, 0.29) is 34.0 Å². The molecule has 0 saturated carbocycles. The first-order valence-corrected chi connectivity index (χ1v) is 11.1. The van der Waals surface area contributed by atoms with Crippen LogP contribution in [-0.2, 0) is 19.2 Å². The van der Waals surface area contributed by atoms with E-state index < -0.39 is 64.9 Å². The summed E-state index contributed by atoms with van der Waals surface area (Å²) in [6.07, 6.45) is -2.04. The molecule has 0 spiro atoms. The average Bonchev–Trinajstić information content (AvgIpc) is 3.05. The summed E-state index contributed by atoms with van der Waals surface area (Å²) in [6.45, 7) is 0. The number of nitrogens with one attached hydrogen (secondary N) is 1. The summed E-state index contributed by atoms with van der Waals surface area (Å²) in [4.78, 5) is 50.9. The van der Waals surface area contributed by atoms with Gasteiger partial charge in [-0.05, 0) is 52.9 Å². The molecule has 3 aliphatic carbocycles. The minimum Gasteiger partial charge on any atom is -0.508 e. The topological polar surface area (TPSA) is 110 Å². The largest absolute Gasteiger partial charge is 0.573 e. The van der Waals surface area contributed by atoms with Crippen molar-refractivity contribution in [1.29, 1.82) is 0 Å². The normalized spacial score (nSPS) is 28.6. The lowest BCUT2D eigenvalue weighted by molar-refractivity contribution is -0.274.